The Morgan fingerprint density at radius 1 is 1.50 bits per heavy atom. The average molecular weight is 285 g/mol. The van der Waals surface area contributed by atoms with E-state index in [1.807, 2.05) is 0 Å². The number of aromatic nitrogens is 2. The topological polar surface area (TPSA) is 63.8 Å². The van der Waals surface area contributed by atoms with E-state index in [2.05, 4.69) is 38.1 Å². The van der Waals surface area contributed by atoms with Crippen molar-refractivity contribution in [2.24, 2.45) is 11.8 Å². The summed E-state index contributed by atoms with van der Waals surface area (Å²) in [5.74, 6) is 2.91. The van der Waals surface area contributed by atoms with Crippen LogP contribution < -0.4 is 11.1 Å². The molecule has 1 saturated carbocycles. The monoisotopic (exact) mass is 284 g/mol. The third-order valence-corrected chi connectivity index (χ3v) is 3.96. The SMILES string of the molecule is CC1CCC(CNc2ncnc(N)c2Br)C1. The normalized spacial score (nSPS) is 24.6. The minimum atomic E-state index is 0.484. The first-order valence-electron chi connectivity index (χ1n) is 5.66. The summed E-state index contributed by atoms with van der Waals surface area (Å²) >= 11 is 3.39. The molecule has 3 N–H and O–H groups in total. The molecule has 1 aliphatic carbocycles. The van der Waals surface area contributed by atoms with Crippen LogP contribution in [0.25, 0.3) is 0 Å². The van der Waals surface area contributed by atoms with Gasteiger partial charge in [0.1, 0.15) is 22.4 Å². The van der Waals surface area contributed by atoms with E-state index in [9.17, 15) is 0 Å². The summed E-state index contributed by atoms with van der Waals surface area (Å²) in [6.07, 6.45) is 5.46. The lowest BCUT2D eigenvalue weighted by Crippen LogP contribution is -2.13. The van der Waals surface area contributed by atoms with Crippen molar-refractivity contribution in [3.63, 3.8) is 0 Å². The Morgan fingerprint density at radius 2 is 2.31 bits per heavy atom. The predicted molar refractivity (Wildman–Crippen MR) is 69.1 cm³/mol. The Morgan fingerprint density at radius 3 is 3.00 bits per heavy atom. The van der Waals surface area contributed by atoms with E-state index in [-0.39, 0.29) is 0 Å². The van der Waals surface area contributed by atoms with Gasteiger partial charge in [0, 0.05) is 6.54 Å². The maximum Gasteiger partial charge on any atom is 0.145 e. The molecule has 1 aliphatic rings. The maximum absolute atomic E-state index is 5.69. The third kappa shape index (κ3) is 2.64. The molecule has 0 spiro atoms. The van der Waals surface area contributed by atoms with Crippen LogP contribution in [0.15, 0.2) is 10.8 Å². The number of anilines is 2. The standard InChI is InChI=1S/C11H17BrN4/c1-7-2-3-8(4-7)5-14-11-9(12)10(13)15-6-16-11/h6-8H,2-5H2,1H3,(H3,13,14,15,16). The molecule has 2 atom stereocenters. The zero-order chi connectivity index (χ0) is 11.5. The van der Waals surface area contributed by atoms with E-state index >= 15 is 0 Å². The molecule has 16 heavy (non-hydrogen) atoms. The summed E-state index contributed by atoms with van der Waals surface area (Å²) in [4.78, 5) is 8.08. The van der Waals surface area contributed by atoms with Crippen molar-refractivity contribution in [3.05, 3.63) is 10.8 Å². The second kappa shape index (κ2) is 4.99. The summed E-state index contributed by atoms with van der Waals surface area (Å²) in [6.45, 7) is 3.29. The molecular weight excluding hydrogens is 268 g/mol. The molecular formula is C11H17BrN4. The fourth-order valence-electron chi connectivity index (χ4n) is 2.26. The van der Waals surface area contributed by atoms with Gasteiger partial charge in [0.05, 0.1) is 0 Å². The van der Waals surface area contributed by atoms with Gasteiger partial charge in [-0.15, -0.1) is 0 Å². The van der Waals surface area contributed by atoms with E-state index in [0.29, 0.717) is 5.82 Å². The minimum Gasteiger partial charge on any atom is -0.383 e. The molecule has 88 valence electrons. The highest BCUT2D eigenvalue weighted by molar-refractivity contribution is 9.10. The third-order valence-electron chi connectivity index (χ3n) is 3.18. The molecule has 1 heterocycles. The molecule has 0 aromatic carbocycles. The van der Waals surface area contributed by atoms with Gasteiger partial charge in [-0.1, -0.05) is 13.3 Å². The molecule has 0 amide bonds. The predicted octanol–water partition coefficient (Wildman–Crippen LogP) is 2.67. The van der Waals surface area contributed by atoms with Crippen molar-refractivity contribution in [2.45, 2.75) is 26.2 Å². The molecule has 1 fully saturated rings. The van der Waals surface area contributed by atoms with E-state index in [1.54, 1.807) is 0 Å². The summed E-state index contributed by atoms with van der Waals surface area (Å²) in [7, 11) is 0. The molecule has 1 aromatic heterocycles. The fraction of sp³-hybridized carbons (Fsp3) is 0.636. The zero-order valence-corrected chi connectivity index (χ0v) is 11.0. The summed E-state index contributed by atoms with van der Waals surface area (Å²) in [5.41, 5.74) is 5.69. The largest absolute Gasteiger partial charge is 0.383 e. The van der Waals surface area contributed by atoms with Crippen LogP contribution in [0.4, 0.5) is 11.6 Å². The molecule has 0 aliphatic heterocycles. The van der Waals surface area contributed by atoms with Crippen LogP contribution in [0.3, 0.4) is 0 Å². The van der Waals surface area contributed by atoms with Crippen LogP contribution in [-0.4, -0.2) is 16.5 Å². The number of nitrogen functional groups attached to an aromatic ring is 1. The van der Waals surface area contributed by atoms with Crippen molar-refractivity contribution in [3.8, 4) is 0 Å². The highest BCUT2D eigenvalue weighted by atomic mass is 79.9. The summed E-state index contributed by atoms with van der Waals surface area (Å²) in [5, 5.41) is 3.34. The Hall–Kier alpha value is -0.840. The van der Waals surface area contributed by atoms with E-state index in [0.717, 1.165) is 28.7 Å². The number of nitrogens with two attached hydrogens (primary N) is 1. The molecule has 4 nitrogen and oxygen atoms in total. The van der Waals surface area contributed by atoms with Gasteiger partial charge in [-0.05, 0) is 40.6 Å². The van der Waals surface area contributed by atoms with Gasteiger partial charge >= 0.3 is 0 Å². The lowest BCUT2D eigenvalue weighted by molar-refractivity contribution is 0.536. The summed E-state index contributed by atoms with van der Waals surface area (Å²) < 4.78 is 0.765. The van der Waals surface area contributed by atoms with Crippen molar-refractivity contribution in [2.75, 3.05) is 17.6 Å². The Kier molecular flexibility index (Phi) is 3.63. The highest BCUT2D eigenvalue weighted by Gasteiger charge is 2.21. The van der Waals surface area contributed by atoms with Crippen LogP contribution in [0.1, 0.15) is 26.2 Å². The second-order valence-electron chi connectivity index (χ2n) is 4.59. The van der Waals surface area contributed by atoms with E-state index in [4.69, 9.17) is 5.73 Å². The van der Waals surface area contributed by atoms with E-state index < -0.39 is 0 Å². The molecule has 1 aromatic rings. The minimum absolute atomic E-state index is 0.484. The Labute approximate surface area is 104 Å². The van der Waals surface area contributed by atoms with Crippen LogP contribution in [0, 0.1) is 11.8 Å². The zero-order valence-electron chi connectivity index (χ0n) is 9.41. The smallest absolute Gasteiger partial charge is 0.145 e. The Bertz CT molecular complexity index is 369. The van der Waals surface area contributed by atoms with Gasteiger partial charge in [0.25, 0.3) is 0 Å². The number of rotatable bonds is 3. The van der Waals surface area contributed by atoms with Gasteiger partial charge in [0.2, 0.25) is 0 Å². The van der Waals surface area contributed by atoms with Gasteiger partial charge in [-0.2, -0.15) is 0 Å². The number of halogens is 1. The molecule has 2 rings (SSSR count). The molecule has 0 bridgehead atoms. The quantitative estimate of drug-likeness (QED) is 0.896. The molecule has 2 unspecified atom stereocenters. The van der Waals surface area contributed by atoms with E-state index in [1.165, 1.54) is 25.6 Å². The first-order valence-corrected chi connectivity index (χ1v) is 6.46. The number of nitrogens with zero attached hydrogens (tertiary/aromatic N) is 2. The molecule has 0 saturated heterocycles. The van der Waals surface area contributed by atoms with Crippen molar-refractivity contribution < 1.29 is 0 Å². The van der Waals surface area contributed by atoms with Crippen LogP contribution in [-0.2, 0) is 0 Å². The van der Waals surface area contributed by atoms with Crippen molar-refractivity contribution >= 4 is 27.6 Å². The number of nitrogens with one attached hydrogen (secondary N) is 1. The Balaban J connectivity index is 1.92. The number of hydrogen-bond acceptors (Lipinski definition) is 4. The lowest BCUT2D eigenvalue weighted by Gasteiger charge is -2.12. The molecule has 5 heteroatoms. The second-order valence-corrected chi connectivity index (χ2v) is 5.38. The van der Waals surface area contributed by atoms with Gasteiger partial charge < -0.3 is 11.1 Å². The van der Waals surface area contributed by atoms with Crippen LogP contribution in [0.2, 0.25) is 0 Å². The first-order chi connectivity index (χ1) is 7.66. The number of hydrogen-bond donors (Lipinski definition) is 2. The lowest BCUT2D eigenvalue weighted by atomic mass is 10.1. The average Bonchev–Trinajstić information content (AvgIpc) is 2.67. The molecule has 0 radical (unpaired) electrons. The summed E-state index contributed by atoms with van der Waals surface area (Å²) in [6, 6.07) is 0. The maximum atomic E-state index is 5.69. The van der Waals surface area contributed by atoms with Gasteiger partial charge in [-0.3, -0.25) is 0 Å². The van der Waals surface area contributed by atoms with Gasteiger partial charge in [-0.25, -0.2) is 9.97 Å². The van der Waals surface area contributed by atoms with Gasteiger partial charge in [0.15, 0.2) is 0 Å². The van der Waals surface area contributed by atoms with Crippen LogP contribution in [0.5, 0.6) is 0 Å². The highest BCUT2D eigenvalue weighted by Crippen LogP contribution is 2.31. The van der Waals surface area contributed by atoms with Crippen molar-refractivity contribution in [1.82, 2.24) is 9.97 Å². The van der Waals surface area contributed by atoms with Crippen molar-refractivity contribution in [1.29, 1.82) is 0 Å². The first kappa shape index (κ1) is 11.6. The fourth-order valence-corrected chi connectivity index (χ4v) is 2.60. The van der Waals surface area contributed by atoms with Crippen LogP contribution >= 0.6 is 15.9 Å².